The number of aromatic nitrogens is 2. The second kappa shape index (κ2) is 5.89. The van der Waals surface area contributed by atoms with Crippen LogP contribution in [0.4, 0.5) is 0 Å². The molecule has 0 amide bonds. The number of ether oxygens (including phenoxy) is 2. The second-order valence-electron chi connectivity index (χ2n) is 4.93. The van der Waals surface area contributed by atoms with Gasteiger partial charge in [0.2, 0.25) is 0 Å². The van der Waals surface area contributed by atoms with E-state index in [0.29, 0.717) is 12.0 Å². The van der Waals surface area contributed by atoms with E-state index in [0.717, 1.165) is 22.7 Å². The molecule has 0 saturated carbocycles. The Hall–Kier alpha value is -2.82. The largest absolute Gasteiger partial charge is 0.497 e. The van der Waals surface area contributed by atoms with Crippen LogP contribution in [0.2, 0.25) is 0 Å². The highest BCUT2D eigenvalue weighted by molar-refractivity contribution is 5.90. The van der Waals surface area contributed by atoms with Gasteiger partial charge in [-0.3, -0.25) is 0 Å². The fourth-order valence-electron chi connectivity index (χ4n) is 2.36. The van der Waals surface area contributed by atoms with Crippen LogP contribution in [-0.4, -0.2) is 29.6 Å². The number of rotatable bonds is 4. The highest BCUT2D eigenvalue weighted by atomic mass is 16.5. The summed E-state index contributed by atoms with van der Waals surface area (Å²) in [6, 6.07) is 11.3. The number of imidazole rings is 1. The highest BCUT2D eigenvalue weighted by Gasteiger charge is 2.09. The minimum absolute atomic E-state index is 0.361. The standard InChI is InChI=1S/C17H16N2O3/c1-21-15-5-3-4-12(9-15)8-14-11-19-7-6-13(17(20)22-2)10-16(19)18-14/h3-7,9-11H,8H2,1-2H3. The fraction of sp³-hybridized carbons (Fsp3) is 0.176. The monoisotopic (exact) mass is 296 g/mol. The van der Waals surface area contributed by atoms with Crippen LogP contribution in [0.3, 0.4) is 0 Å². The van der Waals surface area contributed by atoms with E-state index < -0.39 is 0 Å². The first-order valence-electron chi connectivity index (χ1n) is 6.88. The molecule has 0 bridgehead atoms. The third-order valence-corrected chi connectivity index (χ3v) is 3.45. The second-order valence-corrected chi connectivity index (χ2v) is 4.93. The molecule has 3 aromatic rings. The highest BCUT2D eigenvalue weighted by Crippen LogP contribution is 2.17. The number of pyridine rings is 1. The molecule has 0 radical (unpaired) electrons. The zero-order chi connectivity index (χ0) is 15.5. The number of methoxy groups -OCH3 is 2. The van der Waals surface area contributed by atoms with Crippen molar-refractivity contribution in [3.63, 3.8) is 0 Å². The van der Waals surface area contributed by atoms with Crippen molar-refractivity contribution in [3.05, 3.63) is 65.6 Å². The molecule has 0 aliphatic heterocycles. The molecular weight excluding hydrogens is 280 g/mol. The van der Waals surface area contributed by atoms with Gasteiger partial charge in [-0.25, -0.2) is 9.78 Å². The molecule has 0 spiro atoms. The lowest BCUT2D eigenvalue weighted by atomic mass is 10.1. The Morgan fingerprint density at radius 3 is 2.86 bits per heavy atom. The fourth-order valence-corrected chi connectivity index (χ4v) is 2.36. The number of esters is 1. The van der Waals surface area contributed by atoms with Gasteiger partial charge in [-0.1, -0.05) is 12.1 Å². The molecule has 0 unspecified atom stereocenters. The molecule has 5 nitrogen and oxygen atoms in total. The van der Waals surface area contributed by atoms with Gasteiger partial charge in [-0.2, -0.15) is 0 Å². The lowest BCUT2D eigenvalue weighted by Gasteiger charge is -2.02. The van der Waals surface area contributed by atoms with E-state index in [9.17, 15) is 4.79 Å². The molecule has 2 aromatic heterocycles. The normalized spacial score (nSPS) is 10.6. The molecule has 0 aliphatic carbocycles. The summed E-state index contributed by atoms with van der Waals surface area (Å²) in [5.41, 5.74) is 3.26. The van der Waals surface area contributed by atoms with E-state index in [-0.39, 0.29) is 5.97 Å². The first kappa shape index (κ1) is 14.1. The van der Waals surface area contributed by atoms with Crippen LogP contribution in [0.5, 0.6) is 5.75 Å². The van der Waals surface area contributed by atoms with Crippen LogP contribution in [-0.2, 0) is 11.2 Å². The van der Waals surface area contributed by atoms with Gasteiger partial charge in [0.15, 0.2) is 0 Å². The van der Waals surface area contributed by atoms with Crippen LogP contribution in [0.15, 0.2) is 48.8 Å². The summed E-state index contributed by atoms with van der Waals surface area (Å²) in [5.74, 6) is 0.467. The van der Waals surface area contributed by atoms with Gasteiger partial charge in [-0.15, -0.1) is 0 Å². The molecule has 5 heteroatoms. The van der Waals surface area contributed by atoms with Crippen LogP contribution in [0.25, 0.3) is 5.65 Å². The molecule has 0 aliphatic rings. The Labute approximate surface area is 128 Å². The van der Waals surface area contributed by atoms with E-state index in [4.69, 9.17) is 9.47 Å². The van der Waals surface area contributed by atoms with Gasteiger partial charge in [0.25, 0.3) is 0 Å². The van der Waals surface area contributed by atoms with Gasteiger partial charge in [0, 0.05) is 18.8 Å². The average molecular weight is 296 g/mol. The van der Waals surface area contributed by atoms with Crippen LogP contribution in [0, 0.1) is 0 Å². The number of hydrogen-bond acceptors (Lipinski definition) is 4. The van der Waals surface area contributed by atoms with Gasteiger partial charge >= 0.3 is 5.97 Å². The summed E-state index contributed by atoms with van der Waals surface area (Å²) in [7, 11) is 3.02. The molecule has 1 aromatic carbocycles. The van der Waals surface area contributed by atoms with Crippen molar-refractivity contribution >= 4 is 11.6 Å². The van der Waals surface area contributed by atoms with Gasteiger partial charge in [0.05, 0.1) is 25.5 Å². The summed E-state index contributed by atoms with van der Waals surface area (Å²) in [4.78, 5) is 16.1. The Kier molecular flexibility index (Phi) is 3.78. The topological polar surface area (TPSA) is 52.8 Å². The summed E-state index contributed by atoms with van der Waals surface area (Å²) in [6.07, 6.45) is 4.46. The Balaban J connectivity index is 1.89. The van der Waals surface area contributed by atoms with Gasteiger partial charge < -0.3 is 13.9 Å². The summed E-state index contributed by atoms with van der Waals surface area (Å²) in [5, 5.41) is 0. The summed E-state index contributed by atoms with van der Waals surface area (Å²) in [6.45, 7) is 0. The molecule has 0 saturated heterocycles. The maximum Gasteiger partial charge on any atom is 0.338 e. The predicted molar refractivity (Wildman–Crippen MR) is 82.3 cm³/mol. The van der Waals surface area contributed by atoms with Gasteiger partial charge in [0.1, 0.15) is 11.4 Å². The van der Waals surface area contributed by atoms with Crippen LogP contribution in [0.1, 0.15) is 21.6 Å². The third-order valence-electron chi connectivity index (χ3n) is 3.45. The van der Waals surface area contributed by atoms with Crippen molar-refractivity contribution in [3.8, 4) is 5.75 Å². The molecule has 0 atom stereocenters. The maximum atomic E-state index is 11.6. The quantitative estimate of drug-likeness (QED) is 0.695. The lowest BCUT2D eigenvalue weighted by Crippen LogP contribution is -2.01. The first-order valence-corrected chi connectivity index (χ1v) is 6.88. The summed E-state index contributed by atoms with van der Waals surface area (Å²) >= 11 is 0. The Bertz CT molecular complexity index is 824. The summed E-state index contributed by atoms with van der Waals surface area (Å²) < 4.78 is 11.8. The minimum atomic E-state index is -0.361. The third kappa shape index (κ3) is 2.79. The molecule has 112 valence electrons. The van der Waals surface area contributed by atoms with Crippen molar-refractivity contribution in [2.75, 3.05) is 14.2 Å². The van der Waals surface area contributed by atoms with Crippen molar-refractivity contribution in [2.45, 2.75) is 6.42 Å². The zero-order valence-electron chi connectivity index (χ0n) is 12.4. The number of carbonyl (C=O) groups excluding carboxylic acids is 1. The van der Waals surface area contributed by atoms with Crippen molar-refractivity contribution in [1.29, 1.82) is 0 Å². The van der Waals surface area contributed by atoms with E-state index >= 15 is 0 Å². The SMILES string of the molecule is COC(=O)c1ccn2cc(Cc3cccc(OC)c3)nc2c1. The molecule has 2 heterocycles. The molecular formula is C17H16N2O3. The number of benzene rings is 1. The molecule has 22 heavy (non-hydrogen) atoms. The van der Waals surface area contributed by atoms with E-state index in [1.807, 2.05) is 41.1 Å². The smallest absolute Gasteiger partial charge is 0.338 e. The van der Waals surface area contributed by atoms with Gasteiger partial charge in [-0.05, 0) is 29.8 Å². The Morgan fingerprint density at radius 1 is 1.23 bits per heavy atom. The van der Waals surface area contributed by atoms with E-state index in [1.54, 1.807) is 19.2 Å². The number of fused-ring (bicyclic) bond motifs is 1. The minimum Gasteiger partial charge on any atom is -0.497 e. The lowest BCUT2D eigenvalue weighted by molar-refractivity contribution is 0.0600. The molecule has 0 fully saturated rings. The first-order chi connectivity index (χ1) is 10.7. The molecule has 0 N–H and O–H groups in total. The van der Waals surface area contributed by atoms with E-state index in [2.05, 4.69) is 4.98 Å². The van der Waals surface area contributed by atoms with Crippen molar-refractivity contribution < 1.29 is 14.3 Å². The van der Waals surface area contributed by atoms with Crippen molar-refractivity contribution in [2.24, 2.45) is 0 Å². The zero-order valence-corrected chi connectivity index (χ0v) is 12.4. The number of carbonyl (C=O) groups is 1. The predicted octanol–water partition coefficient (Wildman–Crippen LogP) is 2.72. The van der Waals surface area contributed by atoms with E-state index in [1.165, 1.54) is 7.11 Å². The average Bonchev–Trinajstić information content (AvgIpc) is 2.95. The number of hydrogen-bond donors (Lipinski definition) is 0. The Morgan fingerprint density at radius 2 is 2.09 bits per heavy atom. The number of nitrogens with zero attached hydrogens (tertiary/aromatic N) is 2. The van der Waals surface area contributed by atoms with Crippen molar-refractivity contribution in [1.82, 2.24) is 9.38 Å². The maximum absolute atomic E-state index is 11.6. The van der Waals surface area contributed by atoms with Crippen LogP contribution >= 0.6 is 0 Å². The molecule has 3 rings (SSSR count). The van der Waals surface area contributed by atoms with Crippen LogP contribution < -0.4 is 4.74 Å².